The molecule has 1 unspecified atom stereocenters. The highest BCUT2D eigenvalue weighted by Gasteiger charge is 2.33. The van der Waals surface area contributed by atoms with Gasteiger partial charge in [-0.25, -0.2) is 4.39 Å². The zero-order valence-corrected chi connectivity index (χ0v) is 13.0. The maximum Gasteiger partial charge on any atom is 0.224 e. The van der Waals surface area contributed by atoms with E-state index in [9.17, 15) is 9.18 Å². The first-order valence-electron chi connectivity index (χ1n) is 6.89. The summed E-state index contributed by atoms with van der Waals surface area (Å²) in [4.78, 5) is 11.9. The number of ether oxygens (including phenoxy) is 1. The van der Waals surface area contributed by atoms with Crippen LogP contribution in [0.4, 0.5) is 4.39 Å². The Balaban J connectivity index is 0.00000220. The molecule has 0 bridgehead atoms. The molecule has 1 amide bonds. The van der Waals surface area contributed by atoms with Gasteiger partial charge in [0.05, 0.1) is 18.6 Å². The Morgan fingerprint density at radius 1 is 1.48 bits per heavy atom. The van der Waals surface area contributed by atoms with Crippen LogP contribution in [0.5, 0.6) is 0 Å². The lowest BCUT2D eigenvalue weighted by Gasteiger charge is -2.29. The van der Waals surface area contributed by atoms with E-state index in [0.29, 0.717) is 18.7 Å². The maximum absolute atomic E-state index is 13.5. The third-order valence-electron chi connectivity index (χ3n) is 3.69. The number of carbonyl (C=O) groups excluding carboxylic acids is 1. The lowest BCUT2D eigenvalue weighted by molar-refractivity contribution is -0.120. The third kappa shape index (κ3) is 4.95. The minimum atomic E-state index is -0.340. The van der Waals surface area contributed by atoms with Gasteiger partial charge in [0.15, 0.2) is 0 Å². The average Bonchev–Trinajstić information content (AvgIpc) is 2.89. The van der Waals surface area contributed by atoms with Crippen molar-refractivity contribution < 1.29 is 13.9 Å². The zero-order valence-electron chi connectivity index (χ0n) is 12.2. The molecule has 1 heterocycles. The molecule has 4 nitrogen and oxygen atoms in total. The molecule has 1 aliphatic rings. The highest BCUT2D eigenvalue weighted by atomic mass is 35.5. The van der Waals surface area contributed by atoms with Crippen LogP contribution in [-0.4, -0.2) is 38.3 Å². The number of hydrogen-bond acceptors (Lipinski definition) is 3. The molecular weight excluding hydrogens is 295 g/mol. The van der Waals surface area contributed by atoms with E-state index in [2.05, 4.69) is 10.6 Å². The van der Waals surface area contributed by atoms with Gasteiger partial charge >= 0.3 is 0 Å². The van der Waals surface area contributed by atoms with E-state index < -0.39 is 0 Å². The van der Waals surface area contributed by atoms with E-state index in [0.717, 1.165) is 19.4 Å². The molecule has 1 aliphatic heterocycles. The Morgan fingerprint density at radius 3 is 2.86 bits per heavy atom. The number of hydrogen-bond donors (Lipinski definition) is 2. The summed E-state index contributed by atoms with van der Waals surface area (Å²) in [5.74, 6) is -0.507. The largest absolute Gasteiger partial charge is 0.383 e. The fraction of sp³-hybridized carbons (Fsp3) is 0.533. The highest BCUT2D eigenvalue weighted by molar-refractivity contribution is 5.85. The van der Waals surface area contributed by atoms with Gasteiger partial charge in [-0.05, 0) is 31.0 Å². The number of rotatable bonds is 6. The first kappa shape index (κ1) is 17.9. The van der Waals surface area contributed by atoms with Gasteiger partial charge in [-0.3, -0.25) is 4.79 Å². The smallest absolute Gasteiger partial charge is 0.224 e. The van der Waals surface area contributed by atoms with Gasteiger partial charge in [-0.2, -0.15) is 0 Å². The third-order valence-corrected chi connectivity index (χ3v) is 3.69. The van der Waals surface area contributed by atoms with Gasteiger partial charge in [0, 0.05) is 13.7 Å². The van der Waals surface area contributed by atoms with Crippen molar-refractivity contribution in [3.8, 4) is 0 Å². The molecule has 2 N–H and O–H groups in total. The second-order valence-electron chi connectivity index (χ2n) is 5.29. The van der Waals surface area contributed by atoms with Crippen LogP contribution in [0.2, 0.25) is 0 Å². The SMILES string of the molecule is COCC1(CNC(=O)Cc2ccccc2F)CCCN1.Cl. The van der Waals surface area contributed by atoms with Crippen molar-refractivity contribution in [2.75, 3.05) is 26.8 Å². The molecule has 0 spiro atoms. The van der Waals surface area contributed by atoms with Gasteiger partial charge in [0.25, 0.3) is 0 Å². The second kappa shape index (κ2) is 8.32. The summed E-state index contributed by atoms with van der Waals surface area (Å²) < 4.78 is 18.7. The van der Waals surface area contributed by atoms with Crippen LogP contribution >= 0.6 is 12.4 Å². The van der Waals surface area contributed by atoms with Crippen molar-refractivity contribution in [1.82, 2.24) is 10.6 Å². The number of benzene rings is 1. The summed E-state index contributed by atoms with van der Waals surface area (Å²) in [7, 11) is 1.66. The van der Waals surface area contributed by atoms with Crippen LogP contribution in [0, 0.1) is 5.82 Å². The van der Waals surface area contributed by atoms with Gasteiger partial charge in [-0.15, -0.1) is 12.4 Å². The Morgan fingerprint density at radius 2 is 2.24 bits per heavy atom. The quantitative estimate of drug-likeness (QED) is 0.839. The van der Waals surface area contributed by atoms with E-state index in [1.54, 1.807) is 25.3 Å². The summed E-state index contributed by atoms with van der Waals surface area (Å²) in [6.07, 6.45) is 2.11. The number of carbonyl (C=O) groups is 1. The average molecular weight is 317 g/mol. The van der Waals surface area contributed by atoms with Gasteiger partial charge in [0.2, 0.25) is 5.91 Å². The van der Waals surface area contributed by atoms with E-state index in [-0.39, 0.29) is 36.1 Å². The van der Waals surface area contributed by atoms with Crippen LogP contribution in [0.3, 0.4) is 0 Å². The van der Waals surface area contributed by atoms with Crippen molar-refractivity contribution in [2.45, 2.75) is 24.8 Å². The molecule has 0 aromatic heterocycles. The maximum atomic E-state index is 13.5. The second-order valence-corrected chi connectivity index (χ2v) is 5.29. The molecular formula is C15H22ClFN2O2. The predicted octanol–water partition coefficient (Wildman–Crippen LogP) is 1.67. The predicted molar refractivity (Wildman–Crippen MR) is 82.2 cm³/mol. The van der Waals surface area contributed by atoms with E-state index in [4.69, 9.17) is 4.74 Å². The molecule has 0 radical (unpaired) electrons. The van der Waals surface area contributed by atoms with Gasteiger partial charge < -0.3 is 15.4 Å². The van der Waals surface area contributed by atoms with Crippen molar-refractivity contribution in [3.63, 3.8) is 0 Å². The molecule has 1 saturated heterocycles. The summed E-state index contributed by atoms with van der Waals surface area (Å²) in [6, 6.07) is 6.35. The molecule has 1 fully saturated rings. The molecule has 118 valence electrons. The van der Waals surface area contributed by atoms with Crippen LogP contribution in [0.15, 0.2) is 24.3 Å². The van der Waals surface area contributed by atoms with Crippen molar-refractivity contribution >= 4 is 18.3 Å². The first-order valence-corrected chi connectivity index (χ1v) is 6.89. The van der Waals surface area contributed by atoms with E-state index in [1.165, 1.54) is 6.07 Å². The highest BCUT2D eigenvalue weighted by Crippen LogP contribution is 2.18. The Kier molecular flexibility index (Phi) is 7.08. The minimum Gasteiger partial charge on any atom is -0.383 e. The van der Waals surface area contributed by atoms with Crippen LogP contribution in [0.1, 0.15) is 18.4 Å². The van der Waals surface area contributed by atoms with Crippen molar-refractivity contribution in [2.24, 2.45) is 0 Å². The Bertz CT molecular complexity index is 465. The summed E-state index contributed by atoms with van der Waals surface area (Å²) >= 11 is 0. The van der Waals surface area contributed by atoms with E-state index in [1.807, 2.05) is 0 Å². The van der Waals surface area contributed by atoms with Crippen LogP contribution < -0.4 is 10.6 Å². The number of amides is 1. The minimum absolute atomic E-state index is 0. The van der Waals surface area contributed by atoms with Crippen LogP contribution in [-0.2, 0) is 16.0 Å². The lowest BCUT2D eigenvalue weighted by Crippen LogP contribution is -2.53. The standard InChI is InChI=1S/C15H21FN2O2.ClH/c1-20-11-15(7-4-8-18-15)10-17-14(19)9-12-5-2-3-6-13(12)16;/h2-3,5-6,18H,4,7-11H2,1H3,(H,17,19);1H. The first-order chi connectivity index (χ1) is 9.65. The normalized spacial score (nSPS) is 20.9. The summed E-state index contributed by atoms with van der Waals surface area (Å²) in [6.45, 7) is 2.01. The zero-order chi connectivity index (χ0) is 14.4. The fourth-order valence-electron chi connectivity index (χ4n) is 2.62. The van der Waals surface area contributed by atoms with E-state index >= 15 is 0 Å². The monoisotopic (exact) mass is 316 g/mol. The molecule has 6 heteroatoms. The molecule has 2 rings (SSSR count). The van der Waals surface area contributed by atoms with Crippen molar-refractivity contribution in [1.29, 1.82) is 0 Å². The number of nitrogens with one attached hydrogen (secondary N) is 2. The van der Waals surface area contributed by atoms with Gasteiger partial charge in [-0.1, -0.05) is 18.2 Å². The molecule has 21 heavy (non-hydrogen) atoms. The Hall–Kier alpha value is -1.17. The topological polar surface area (TPSA) is 50.4 Å². The summed E-state index contributed by atoms with van der Waals surface area (Å²) in [5.41, 5.74) is 0.241. The van der Waals surface area contributed by atoms with Crippen LogP contribution in [0.25, 0.3) is 0 Å². The number of halogens is 2. The lowest BCUT2D eigenvalue weighted by atomic mass is 9.98. The van der Waals surface area contributed by atoms with Gasteiger partial charge in [0.1, 0.15) is 5.82 Å². The molecule has 0 aliphatic carbocycles. The summed E-state index contributed by atoms with van der Waals surface area (Å²) in [5, 5.41) is 6.27. The molecule has 0 saturated carbocycles. The molecule has 1 aromatic carbocycles. The Labute approximate surface area is 130 Å². The molecule has 1 atom stereocenters. The van der Waals surface area contributed by atoms with Crippen molar-refractivity contribution in [3.05, 3.63) is 35.6 Å². The molecule has 1 aromatic rings. The fourth-order valence-corrected chi connectivity index (χ4v) is 2.62. The number of methoxy groups -OCH3 is 1.